The molecule has 0 bridgehead atoms. The summed E-state index contributed by atoms with van der Waals surface area (Å²) < 4.78 is 10.4. The number of carbonyl (C=O) groups excluding carboxylic acids is 2. The molecule has 2 amide bonds. The van der Waals surface area contributed by atoms with Gasteiger partial charge in [0.25, 0.3) is 0 Å². The molecule has 4 atom stereocenters. The average molecular weight is 487 g/mol. The minimum Gasteiger partial charge on any atom is -0.504 e. The highest BCUT2D eigenvalue weighted by atomic mass is 32.2. The van der Waals surface area contributed by atoms with E-state index in [0.29, 0.717) is 22.8 Å². The van der Waals surface area contributed by atoms with Crippen molar-refractivity contribution in [2.45, 2.75) is 18.0 Å². The number of anilines is 1. The number of amides is 2. The Morgan fingerprint density at radius 1 is 1.12 bits per heavy atom. The molecule has 0 unspecified atom stereocenters. The third kappa shape index (κ3) is 3.57. The number of carbonyl (C=O) groups is 3. The number of nitrogens with one attached hydrogen (secondary N) is 1. The second-order valence-electron chi connectivity index (χ2n) is 8.25. The number of methoxy groups -OCH3 is 2. The van der Waals surface area contributed by atoms with Crippen molar-refractivity contribution in [2.75, 3.05) is 31.1 Å². The molecule has 34 heavy (non-hydrogen) atoms. The Morgan fingerprint density at radius 3 is 2.41 bits per heavy atom. The number of thioether (sulfide) groups is 1. The summed E-state index contributed by atoms with van der Waals surface area (Å²) in [6.07, 6.45) is 1.97. The van der Waals surface area contributed by atoms with Crippen LogP contribution in [0.4, 0.5) is 5.69 Å². The first-order valence-corrected chi connectivity index (χ1v) is 12.1. The third-order valence-electron chi connectivity index (χ3n) is 6.65. The number of ether oxygens (including phenoxy) is 2. The molecule has 2 heterocycles. The summed E-state index contributed by atoms with van der Waals surface area (Å²) in [6.45, 7) is 0. The molecule has 2 aliphatic heterocycles. The van der Waals surface area contributed by atoms with E-state index in [1.54, 1.807) is 42.5 Å². The molecule has 3 N–H and O–H groups in total. The number of aliphatic carboxylic acids is 1. The summed E-state index contributed by atoms with van der Waals surface area (Å²) in [5, 5.41) is 24.2. The van der Waals surface area contributed by atoms with Crippen molar-refractivity contribution >= 4 is 35.2 Å². The van der Waals surface area contributed by atoms with E-state index in [-0.39, 0.29) is 17.9 Å². The number of hydrogen-bond donors (Lipinski definition) is 3. The lowest BCUT2D eigenvalue weighted by Crippen LogP contribution is -2.56. The molecule has 4 rings (SSSR count). The molecule has 0 aliphatic carbocycles. The number of carboxylic acids is 1. The SMILES string of the molecule is COc1ccc(N2C(=O)[C@H]3[C@@H](C2=O)[C@@](CCSC)(C(=O)O)N[C@H]3c2cccc(OC)c2O)cc1. The Hall–Kier alpha value is -3.24. The van der Waals surface area contributed by atoms with Crippen molar-refractivity contribution in [2.24, 2.45) is 11.8 Å². The topological polar surface area (TPSA) is 125 Å². The van der Waals surface area contributed by atoms with Gasteiger partial charge in [-0.1, -0.05) is 12.1 Å². The summed E-state index contributed by atoms with van der Waals surface area (Å²) in [4.78, 5) is 41.1. The maximum absolute atomic E-state index is 13.7. The van der Waals surface area contributed by atoms with Crippen LogP contribution in [-0.2, 0) is 14.4 Å². The lowest BCUT2D eigenvalue weighted by atomic mass is 9.78. The van der Waals surface area contributed by atoms with Crippen LogP contribution in [-0.4, -0.2) is 59.8 Å². The number of para-hydroxylation sites is 1. The van der Waals surface area contributed by atoms with Gasteiger partial charge in [0.2, 0.25) is 11.8 Å². The van der Waals surface area contributed by atoms with Crippen LogP contribution in [0.25, 0.3) is 0 Å². The molecule has 0 spiro atoms. The van der Waals surface area contributed by atoms with Gasteiger partial charge in [-0.2, -0.15) is 11.8 Å². The number of aromatic hydroxyl groups is 1. The van der Waals surface area contributed by atoms with Gasteiger partial charge in [-0.25, -0.2) is 4.90 Å². The highest BCUT2D eigenvalue weighted by Crippen LogP contribution is 2.53. The van der Waals surface area contributed by atoms with Gasteiger partial charge >= 0.3 is 5.97 Å². The number of imide groups is 1. The average Bonchev–Trinajstić information content (AvgIpc) is 3.32. The van der Waals surface area contributed by atoms with Gasteiger partial charge in [0.1, 0.15) is 11.3 Å². The molecule has 180 valence electrons. The van der Waals surface area contributed by atoms with E-state index in [1.165, 1.54) is 26.0 Å². The monoisotopic (exact) mass is 486 g/mol. The van der Waals surface area contributed by atoms with Crippen LogP contribution >= 0.6 is 11.8 Å². The van der Waals surface area contributed by atoms with Crippen LogP contribution in [0.15, 0.2) is 42.5 Å². The Bertz CT molecular complexity index is 1120. The quantitative estimate of drug-likeness (QED) is 0.482. The minimum atomic E-state index is -1.68. The zero-order chi connectivity index (χ0) is 24.6. The number of hydrogen-bond acceptors (Lipinski definition) is 8. The van der Waals surface area contributed by atoms with E-state index in [0.717, 1.165) is 4.90 Å². The zero-order valence-corrected chi connectivity index (χ0v) is 19.8. The van der Waals surface area contributed by atoms with Gasteiger partial charge in [-0.15, -0.1) is 0 Å². The van der Waals surface area contributed by atoms with Crippen molar-refractivity contribution in [3.8, 4) is 17.2 Å². The van der Waals surface area contributed by atoms with Gasteiger partial charge in [-0.05, 0) is 48.8 Å². The molecule has 9 nitrogen and oxygen atoms in total. The number of rotatable bonds is 8. The second kappa shape index (κ2) is 9.19. The summed E-state index contributed by atoms with van der Waals surface area (Å²) in [7, 11) is 2.91. The molecule has 10 heteroatoms. The number of phenolic OH excluding ortho intramolecular Hbond substituents is 1. The molecule has 0 saturated carbocycles. The van der Waals surface area contributed by atoms with E-state index < -0.39 is 41.2 Å². The Kier molecular flexibility index (Phi) is 6.46. The number of phenols is 1. The molecule has 2 fully saturated rings. The number of nitrogens with zero attached hydrogens (tertiary/aromatic N) is 1. The molecule has 2 aromatic carbocycles. The number of benzene rings is 2. The molecule has 2 saturated heterocycles. The maximum atomic E-state index is 13.7. The number of fused-ring (bicyclic) bond motifs is 1. The lowest BCUT2D eigenvalue weighted by molar-refractivity contribution is -0.148. The molecular weight excluding hydrogens is 460 g/mol. The van der Waals surface area contributed by atoms with E-state index in [1.807, 2.05) is 6.26 Å². The van der Waals surface area contributed by atoms with Crippen molar-refractivity contribution in [1.29, 1.82) is 0 Å². The predicted octanol–water partition coefficient (Wildman–Crippen LogP) is 2.44. The van der Waals surface area contributed by atoms with E-state index >= 15 is 0 Å². The van der Waals surface area contributed by atoms with Gasteiger partial charge in [0, 0.05) is 11.6 Å². The maximum Gasteiger partial charge on any atom is 0.324 e. The van der Waals surface area contributed by atoms with Crippen molar-refractivity contribution in [3.63, 3.8) is 0 Å². The molecule has 2 aromatic rings. The first-order chi connectivity index (χ1) is 16.3. The zero-order valence-electron chi connectivity index (χ0n) is 19.0. The van der Waals surface area contributed by atoms with Gasteiger partial charge in [-0.3, -0.25) is 19.7 Å². The van der Waals surface area contributed by atoms with Crippen LogP contribution in [0.1, 0.15) is 18.0 Å². The summed E-state index contributed by atoms with van der Waals surface area (Å²) in [6, 6.07) is 10.4. The van der Waals surface area contributed by atoms with Gasteiger partial charge in [0.05, 0.1) is 31.7 Å². The highest BCUT2D eigenvalue weighted by molar-refractivity contribution is 7.98. The Labute approximate surface area is 201 Å². The van der Waals surface area contributed by atoms with Crippen molar-refractivity contribution in [1.82, 2.24) is 5.32 Å². The fourth-order valence-corrected chi connectivity index (χ4v) is 5.53. The Morgan fingerprint density at radius 2 is 1.82 bits per heavy atom. The fraction of sp³-hybridized carbons (Fsp3) is 0.375. The largest absolute Gasteiger partial charge is 0.504 e. The first-order valence-electron chi connectivity index (χ1n) is 10.7. The number of carboxylic acid groups (broad SMARTS) is 1. The smallest absolute Gasteiger partial charge is 0.324 e. The van der Waals surface area contributed by atoms with E-state index in [2.05, 4.69) is 5.32 Å². The third-order valence-corrected chi connectivity index (χ3v) is 7.26. The lowest BCUT2D eigenvalue weighted by Gasteiger charge is -2.31. The van der Waals surface area contributed by atoms with Crippen LogP contribution < -0.4 is 19.7 Å². The summed E-state index contributed by atoms with van der Waals surface area (Å²) >= 11 is 1.45. The summed E-state index contributed by atoms with van der Waals surface area (Å²) in [5.74, 6) is -3.47. The Balaban J connectivity index is 1.86. The van der Waals surface area contributed by atoms with E-state index in [9.17, 15) is 24.6 Å². The normalized spacial score (nSPS) is 26.0. The molecule has 0 aromatic heterocycles. The second-order valence-corrected chi connectivity index (χ2v) is 9.24. The van der Waals surface area contributed by atoms with Crippen molar-refractivity contribution in [3.05, 3.63) is 48.0 Å². The first kappa shape index (κ1) is 23.9. The van der Waals surface area contributed by atoms with Crippen LogP contribution in [0, 0.1) is 11.8 Å². The molecule has 2 aliphatic rings. The summed E-state index contributed by atoms with van der Waals surface area (Å²) in [5.41, 5.74) is -1.04. The molecule has 0 radical (unpaired) electrons. The standard InChI is InChI=1S/C24H26N2O7S/c1-32-14-9-7-13(8-10-14)26-21(28)17-18(22(26)29)24(23(30)31,11-12-34-3)25-19(17)15-5-4-6-16(33-2)20(15)27/h4-10,17-19,25,27H,11-12H2,1-3H3,(H,30,31)/t17-,18-,19-,24-/m0/s1. The fourth-order valence-electron chi connectivity index (χ4n) is 5.01. The highest BCUT2D eigenvalue weighted by Gasteiger charge is 2.68. The van der Waals surface area contributed by atoms with Crippen LogP contribution in [0.3, 0.4) is 0 Å². The minimum absolute atomic E-state index is 0.126. The van der Waals surface area contributed by atoms with E-state index in [4.69, 9.17) is 9.47 Å². The van der Waals surface area contributed by atoms with Gasteiger partial charge < -0.3 is 19.7 Å². The van der Waals surface area contributed by atoms with Crippen molar-refractivity contribution < 1.29 is 34.1 Å². The van der Waals surface area contributed by atoms with Crippen LogP contribution in [0.2, 0.25) is 0 Å². The molecular formula is C24H26N2O7S. The van der Waals surface area contributed by atoms with Gasteiger partial charge in [0.15, 0.2) is 11.5 Å². The van der Waals surface area contributed by atoms with Crippen LogP contribution in [0.5, 0.6) is 17.2 Å². The predicted molar refractivity (Wildman–Crippen MR) is 126 cm³/mol.